The van der Waals surface area contributed by atoms with Crippen LogP contribution >= 0.6 is 12.4 Å². The van der Waals surface area contributed by atoms with Gasteiger partial charge in [0.25, 0.3) is 0 Å². The minimum absolute atomic E-state index is 0. The normalized spacial score (nSPS) is 22.2. The van der Waals surface area contributed by atoms with Crippen molar-refractivity contribution in [2.75, 3.05) is 0 Å². The van der Waals surface area contributed by atoms with Gasteiger partial charge < -0.3 is 5.73 Å². The van der Waals surface area contributed by atoms with Crippen LogP contribution in [0, 0.1) is 5.92 Å². The van der Waals surface area contributed by atoms with E-state index in [0.717, 1.165) is 12.3 Å². The van der Waals surface area contributed by atoms with E-state index in [0.29, 0.717) is 6.04 Å². The molecular weight excluding hydrogens is 146 g/mol. The minimum Gasteiger partial charge on any atom is -0.327 e. The number of hydrogen-bond acceptors (Lipinski definition) is 1. The van der Waals surface area contributed by atoms with Crippen molar-refractivity contribution in [1.82, 2.24) is 0 Å². The summed E-state index contributed by atoms with van der Waals surface area (Å²) in [6, 6.07) is 0.493. The van der Waals surface area contributed by atoms with Gasteiger partial charge in [0, 0.05) is 6.04 Å². The molecule has 1 aliphatic rings. The Hall–Kier alpha value is 0.250. The zero-order valence-electron chi connectivity index (χ0n) is 6.68. The van der Waals surface area contributed by atoms with E-state index in [1.54, 1.807) is 0 Å². The molecule has 2 N–H and O–H groups in total. The van der Waals surface area contributed by atoms with Gasteiger partial charge in [-0.1, -0.05) is 19.8 Å². The first-order chi connectivity index (χ1) is 4.34. The number of nitrogens with two attached hydrogens (primary N) is 1. The summed E-state index contributed by atoms with van der Waals surface area (Å²) >= 11 is 0. The molecule has 0 aromatic rings. The van der Waals surface area contributed by atoms with Crippen LogP contribution in [0.15, 0.2) is 0 Å². The molecule has 0 radical (unpaired) electrons. The van der Waals surface area contributed by atoms with Crippen LogP contribution in [0.4, 0.5) is 0 Å². The van der Waals surface area contributed by atoms with Crippen molar-refractivity contribution in [1.29, 1.82) is 0 Å². The van der Waals surface area contributed by atoms with Crippen molar-refractivity contribution in [2.45, 2.75) is 45.1 Å². The Labute approximate surface area is 69.8 Å². The van der Waals surface area contributed by atoms with Crippen LogP contribution in [0.5, 0.6) is 0 Å². The molecule has 1 saturated carbocycles. The fraction of sp³-hybridized carbons (Fsp3) is 1.00. The summed E-state index contributed by atoms with van der Waals surface area (Å²) < 4.78 is 0. The highest BCUT2D eigenvalue weighted by molar-refractivity contribution is 5.85. The maximum Gasteiger partial charge on any atom is 0.00645 e. The van der Waals surface area contributed by atoms with Crippen LogP contribution in [0.2, 0.25) is 0 Å². The Bertz CT molecular complexity index is 79.3. The molecule has 1 rings (SSSR count). The number of halogens is 1. The van der Waals surface area contributed by atoms with E-state index in [1.807, 2.05) is 0 Å². The molecule has 2 heteroatoms. The maximum atomic E-state index is 5.88. The highest BCUT2D eigenvalue weighted by Crippen LogP contribution is 2.27. The third-order valence-corrected chi connectivity index (χ3v) is 2.48. The van der Waals surface area contributed by atoms with E-state index in [9.17, 15) is 0 Å². The van der Waals surface area contributed by atoms with Crippen molar-refractivity contribution >= 4 is 12.4 Å². The molecule has 1 fully saturated rings. The Kier molecular flexibility index (Phi) is 5.10. The first-order valence-electron chi connectivity index (χ1n) is 4.10. The minimum atomic E-state index is 0. The lowest BCUT2D eigenvalue weighted by Crippen LogP contribution is -2.26. The molecule has 0 heterocycles. The molecule has 0 spiro atoms. The highest BCUT2D eigenvalue weighted by atomic mass is 35.5. The van der Waals surface area contributed by atoms with Gasteiger partial charge in [-0.25, -0.2) is 0 Å². The molecule has 0 unspecified atom stereocenters. The summed E-state index contributed by atoms with van der Waals surface area (Å²) in [5, 5.41) is 0. The average Bonchev–Trinajstić information content (AvgIpc) is 2.37. The van der Waals surface area contributed by atoms with E-state index in [4.69, 9.17) is 5.73 Å². The van der Waals surface area contributed by atoms with Gasteiger partial charge in [0.15, 0.2) is 0 Å². The lowest BCUT2D eigenvalue weighted by Gasteiger charge is -2.15. The standard InChI is InChI=1S/C8H17N.ClH/c1-2-8(9)7-5-3-4-6-7;/h7-8H,2-6,9H2,1H3;1H/t8-;/m1./s1. The van der Waals surface area contributed by atoms with Gasteiger partial charge >= 0.3 is 0 Å². The zero-order valence-corrected chi connectivity index (χ0v) is 7.49. The van der Waals surface area contributed by atoms with Crippen molar-refractivity contribution in [3.05, 3.63) is 0 Å². The van der Waals surface area contributed by atoms with Crippen molar-refractivity contribution in [2.24, 2.45) is 11.7 Å². The fourth-order valence-electron chi connectivity index (χ4n) is 1.72. The third kappa shape index (κ3) is 2.47. The van der Waals surface area contributed by atoms with E-state index >= 15 is 0 Å². The van der Waals surface area contributed by atoms with Crippen molar-refractivity contribution in [3.63, 3.8) is 0 Å². The molecule has 1 aliphatic carbocycles. The topological polar surface area (TPSA) is 26.0 Å². The van der Waals surface area contributed by atoms with Gasteiger partial charge in [-0.3, -0.25) is 0 Å². The molecule has 10 heavy (non-hydrogen) atoms. The van der Waals surface area contributed by atoms with E-state index in [1.165, 1.54) is 25.7 Å². The lowest BCUT2D eigenvalue weighted by molar-refractivity contribution is 0.422. The highest BCUT2D eigenvalue weighted by Gasteiger charge is 2.19. The summed E-state index contributed by atoms with van der Waals surface area (Å²) in [6.07, 6.45) is 6.76. The smallest absolute Gasteiger partial charge is 0.00645 e. The van der Waals surface area contributed by atoms with Gasteiger partial charge in [-0.2, -0.15) is 0 Å². The van der Waals surface area contributed by atoms with Crippen LogP contribution in [-0.2, 0) is 0 Å². The lowest BCUT2D eigenvalue weighted by atomic mass is 9.97. The van der Waals surface area contributed by atoms with E-state index in [2.05, 4.69) is 6.92 Å². The monoisotopic (exact) mass is 163 g/mol. The molecule has 1 nitrogen and oxygen atoms in total. The van der Waals surface area contributed by atoms with E-state index in [-0.39, 0.29) is 12.4 Å². The molecule has 1 atom stereocenters. The van der Waals surface area contributed by atoms with Crippen molar-refractivity contribution < 1.29 is 0 Å². The molecule has 0 aromatic heterocycles. The summed E-state index contributed by atoms with van der Waals surface area (Å²) in [5.41, 5.74) is 5.88. The second-order valence-electron chi connectivity index (χ2n) is 3.12. The van der Waals surface area contributed by atoms with Gasteiger partial charge in [0.1, 0.15) is 0 Å². The second kappa shape index (κ2) is 4.97. The maximum absolute atomic E-state index is 5.88. The Balaban J connectivity index is 0.000000810. The molecule has 0 aromatic carbocycles. The second-order valence-corrected chi connectivity index (χ2v) is 3.12. The Morgan fingerprint density at radius 1 is 1.40 bits per heavy atom. The Morgan fingerprint density at radius 3 is 2.30 bits per heavy atom. The summed E-state index contributed by atoms with van der Waals surface area (Å²) in [4.78, 5) is 0. The van der Waals surface area contributed by atoms with Gasteiger partial charge in [-0.05, 0) is 25.2 Å². The predicted octanol–water partition coefficient (Wildman–Crippen LogP) is 2.34. The quantitative estimate of drug-likeness (QED) is 0.665. The van der Waals surface area contributed by atoms with Gasteiger partial charge in [-0.15, -0.1) is 12.4 Å². The molecule has 0 saturated heterocycles. The van der Waals surface area contributed by atoms with Gasteiger partial charge in [0.2, 0.25) is 0 Å². The largest absolute Gasteiger partial charge is 0.327 e. The molecule has 62 valence electrons. The summed E-state index contributed by atoms with van der Waals surface area (Å²) in [6.45, 7) is 2.18. The van der Waals surface area contributed by atoms with Crippen LogP contribution in [0.1, 0.15) is 39.0 Å². The first-order valence-corrected chi connectivity index (χ1v) is 4.10. The van der Waals surface area contributed by atoms with Crippen molar-refractivity contribution in [3.8, 4) is 0 Å². The van der Waals surface area contributed by atoms with Crippen LogP contribution in [0.25, 0.3) is 0 Å². The van der Waals surface area contributed by atoms with Crippen LogP contribution < -0.4 is 5.73 Å². The molecule has 0 aliphatic heterocycles. The number of hydrogen-bond donors (Lipinski definition) is 1. The predicted molar refractivity (Wildman–Crippen MR) is 47.5 cm³/mol. The van der Waals surface area contributed by atoms with Crippen LogP contribution in [0.3, 0.4) is 0 Å². The fourth-order valence-corrected chi connectivity index (χ4v) is 1.72. The summed E-state index contributed by atoms with van der Waals surface area (Å²) in [5.74, 6) is 0.856. The van der Waals surface area contributed by atoms with Crippen LogP contribution in [-0.4, -0.2) is 6.04 Å². The molecule has 0 bridgehead atoms. The SMILES string of the molecule is CC[C@@H](N)C1CCCC1.Cl. The van der Waals surface area contributed by atoms with Gasteiger partial charge in [0.05, 0.1) is 0 Å². The zero-order chi connectivity index (χ0) is 6.69. The number of rotatable bonds is 2. The molecular formula is C8H18ClN. The first kappa shape index (κ1) is 10.2. The van der Waals surface area contributed by atoms with E-state index < -0.39 is 0 Å². The average molecular weight is 164 g/mol. The third-order valence-electron chi connectivity index (χ3n) is 2.48. The Morgan fingerprint density at radius 2 is 1.90 bits per heavy atom. The summed E-state index contributed by atoms with van der Waals surface area (Å²) in [7, 11) is 0. The molecule has 0 amide bonds.